The van der Waals surface area contributed by atoms with E-state index >= 15 is 0 Å². The van der Waals surface area contributed by atoms with Gasteiger partial charge >= 0.3 is 0 Å². The zero-order valence-electron chi connectivity index (χ0n) is 19.1. The molecule has 4 rings (SSSR count). The average Bonchev–Trinajstić information content (AvgIpc) is 2.84. The predicted molar refractivity (Wildman–Crippen MR) is 146 cm³/mol. The van der Waals surface area contributed by atoms with E-state index in [0.717, 1.165) is 26.9 Å². The van der Waals surface area contributed by atoms with Gasteiger partial charge in [-0.2, -0.15) is 0 Å². The van der Waals surface area contributed by atoms with E-state index in [4.69, 9.17) is 23.2 Å². The molecule has 0 aliphatic carbocycles. The van der Waals surface area contributed by atoms with Crippen molar-refractivity contribution in [3.8, 4) is 0 Å². The molecule has 8 heteroatoms. The number of carbonyl (C=O) groups is 2. The van der Waals surface area contributed by atoms with Crippen molar-refractivity contribution in [2.45, 2.75) is 11.4 Å². The van der Waals surface area contributed by atoms with E-state index in [1.54, 1.807) is 38.4 Å². The first-order valence-corrected chi connectivity index (χ1v) is 12.4. The average molecular weight is 524 g/mol. The molecule has 35 heavy (non-hydrogen) atoms. The van der Waals surface area contributed by atoms with E-state index in [9.17, 15) is 9.59 Å². The van der Waals surface area contributed by atoms with E-state index in [1.807, 2.05) is 54.6 Å². The van der Waals surface area contributed by atoms with Crippen LogP contribution in [-0.4, -0.2) is 30.8 Å². The highest BCUT2D eigenvalue weighted by molar-refractivity contribution is 8.00. The third-order valence-corrected chi connectivity index (χ3v) is 6.54. The molecule has 5 nitrogen and oxygen atoms in total. The van der Waals surface area contributed by atoms with Crippen LogP contribution in [0.5, 0.6) is 0 Å². The van der Waals surface area contributed by atoms with Crippen molar-refractivity contribution in [3.05, 3.63) is 106 Å². The first-order chi connectivity index (χ1) is 16.8. The number of rotatable bonds is 7. The van der Waals surface area contributed by atoms with Crippen LogP contribution in [0.4, 0.5) is 5.69 Å². The summed E-state index contributed by atoms with van der Waals surface area (Å²) in [7, 11) is 3.42. The van der Waals surface area contributed by atoms with Gasteiger partial charge in [0.15, 0.2) is 0 Å². The fourth-order valence-electron chi connectivity index (χ4n) is 3.65. The van der Waals surface area contributed by atoms with Crippen molar-refractivity contribution >= 4 is 63.4 Å². The second-order valence-electron chi connectivity index (χ2n) is 8.10. The minimum atomic E-state index is -0.189. The van der Waals surface area contributed by atoms with Crippen LogP contribution in [0.2, 0.25) is 10.0 Å². The first-order valence-electron chi connectivity index (χ1n) is 10.8. The first kappa shape index (κ1) is 24.9. The maximum Gasteiger partial charge on any atom is 0.253 e. The summed E-state index contributed by atoms with van der Waals surface area (Å²) in [5.41, 5.74) is 2.88. The SMILES string of the molecule is CN(C)C(=O)c1cccc(CNC(=O)c2cccc3c(NSc4cc(Cl)cc(Cl)c4)cccc23)c1. The lowest BCUT2D eigenvalue weighted by Gasteiger charge is -2.13. The Morgan fingerprint density at radius 3 is 2.29 bits per heavy atom. The number of carbonyl (C=O) groups excluding carboxylic acids is 2. The second-order valence-corrected chi connectivity index (χ2v) is 9.85. The third kappa shape index (κ3) is 6.09. The summed E-state index contributed by atoms with van der Waals surface area (Å²) < 4.78 is 3.34. The Balaban J connectivity index is 1.51. The van der Waals surface area contributed by atoms with E-state index in [-0.39, 0.29) is 11.8 Å². The zero-order chi connectivity index (χ0) is 24.9. The quantitative estimate of drug-likeness (QED) is 0.258. The van der Waals surface area contributed by atoms with Crippen LogP contribution in [-0.2, 0) is 6.54 Å². The molecule has 0 radical (unpaired) electrons. The molecule has 0 aliphatic heterocycles. The molecule has 0 fully saturated rings. The summed E-state index contributed by atoms with van der Waals surface area (Å²) >= 11 is 13.6. The molecule has 0 aromatic heterocycles. The van der Waals surface area contributed by atoms with Crippen LogP contribution < -0.4 is 10.0 Å². The Kier molecular flexibility index (Phi) is 7.86. The minimum Gasteiger partial charge on any atom is -0.348 e. The molecule has 0 saturated heterocycles. The molecule has 2 N–H and O–H groups in total. The molecule has 0 aliphatic rings. The molecular weight excluding hydrogens is 501 g/mol. The van der Waals surface area contributed by atoms with Crippen molar-refractivity contribution in [1.82, 2.24) is 10.2 Å². The number of nitrogens with zero attached hydrogens (tertiary/aromatic N) is 1. The molecule has 0 atom stereocenters. The monoisotopic (exact) mass is 523 g/mol. The standard InChI is InChI=1S/C27H23Cl2N3O2S/c1-32(2)27(34)18-7-3-6-17(12-18)16-30-26(33)24-10-4-9-23-22(24)8-5-11-25(23)31-35-21-14-19(28)13-20(29)15-21/h3-15,31H,16H2,1-2H3,(H,30,33). The lowest BCUT2D eigenvalue weighted by Crippen LogP contribution is -2.24. The maximum atomic E-state index is 13.1. The van der Waals surface area contributed by atoms with E-state index < -0.39 is 0 Å². The summed E-state index contributed by atoms with van der Waals surface area (Å²) in [4.78, 5) is 27.7. The number of hydrogen-bond acceptors (Lipinski definition) is 4. The fourth-order valence-corrected chi connectivity index (χ4v) is 5.08. The predicted octanol–water partition coefficient (Wildman–Crippen LogP) is 6.90. The van der Waals surface area contributed by atoms with Gasteiger partial charge in [-0.05, 0) is 65.4 Å². The van der Waals surface area contributed by atoms with Crippen LogP contribution in [0.25, 0.3) is 10.8 Å². The number of hydrogen-bond donors (Lipinski definition) is 2. The molecule has 4 aromatic carbocycles. The molecule has 4 aromatic rings. The zero-order valence-corrected chi connectivity index (χ0v) is 21.5. The van der Waals surface area contributed by atoms with Gasteiger partial charge < -0.3 is 14.9 Å². The fraction of sp³-hybridized carbons (Fsp3) is 0.111. The van der Waals surface area contributed by atoms with Crippen molar-refractivity contribution in [2.24, 2.45) is 0 Å². The van der Waals surface area contributed by atoms with Crippen LogP contribution >= 0.6 is 35.1 Å². The Morgan fingerprint density at radius 2 is 1.54 bits per heavy atom. The summed E-state index contributed by atoms with van der Waals surface area (Å²) in [6.45, 7) is 0.313. The number of fused-ring (bicyclic) bond motifs is 1. The van der Waals surface area contributed by atoms with Gasteiger partial charge in [0, 0.05) is 52.1 Å². The lowest BCUT2D eigenvalue weighted by molar-refractivity contribution is 0.0827. The Labute approximate surface area is 218 Å². The highest BCUT2D eigenvalue weighted by atomic mass is 35.5. The summed E-state index contributed by atoms with van der Waals surface area (Å²) in [6.07, 6.45) is 0. The van der Waals surface area contributed by atoms with Gasteiger partial charge in [-0.15, -0.1) is 0 Å². The molecule has 178 valence electrons. The number of nitrogens with one attached hydrogen (secondary N) is 2. The summed E-state index contributed by atoms with van der Waals surface area (Å²) in [6, 6.07) is 24.0. The van der Waals surface area contributed by atoms with E-state index in [1.165, 1.54) is 16.8 Å². The van der Waals surface area contributed by atoms with Gasteiger partial charge in [0.05, 0.1) is 5.69 Å². The van der Waals surface area contributed by atoms with Gasteiger partial charge in [0.25, 0.3) is 11.8 Å². The number of benzene rings is 4. The van der Waals surface area contributed by atoms with Crippen molar-refractivity contribution in [1.29, 1.82) is 0 Å². The van der Waals surface area contributed by atoms with Crippen molar-refractivity contribution in [2.75, 3.05) is 18.8 Å². The summed E-state index contributed by atoms with van der Waals surface area (Å²) in [5, 5.41) is 5.85. The third-order valence-electron chi connectivity index (χ3n) is 5.31. The molecule has 0 spiro atoms. The highest BCUT2D eigenvalue weighted by Crippen LogP contribution is 2.32. The highest BCUT2D eigenvalue weighted by Gasteiger charge is 2.13. The van der Waals surface area contributed by atoms with Gasteiger partial charge in [-0.3, -0.25) is 9.59 Å². The van der Waals surface area contributed by atoms with Crippen molar-refractivity contribution < 1.29 is 9.59 Å². The molecule has 0 unspecified atom stereocenters. The van der Waals surface area contributed by atoms with E-state index in [2.05, 4.69) is 10.0 Å². The van der Waals surface area contributed by atoms with Crippen LogP contribution in [0.15, 0.2) is 83.8 Å². The van der Waals surface area contributed by atoms with Crippen molar-refractivity contribution in [3.63, 3.8) is 0 Å². The Morgan fingerprint density at radius 1 is 0.857 bits per heavy atom. The molecule has 0 heterocycles. The topological polar surface area (TPSA) is 61.4 Å². The normalized spacial score (nSPS) is 10.7. The van der Waals surface area contributed by atoms with Gasteiger partial charge in [0.2, 0.25) is 0 Å². The van der Waals surface area contributed by atoms with E-state index in [0.29, 0.717) is 27.7 Å². The number of amides is 2. The molecular formula is C27H23Cl2N3O2S. The maximum absolute atomic E-state index is 13.1. The molecule has 2 amide bonds. The Bertz CT molecular complexity index is 1390. The Hall–Kier alpha value is -3.19. The van der Waals surface area contributed by atoms with Gasteiger partial charge in [-0.25, -0.2) is 0 Å². The number of anilines is 1. The van der Waals surface area contributed by atoms with Crippen LogP contribution in [0, 0.1) is 0 Å². The largest absolute Gasteiger partial charge is 0.348 e. The van der Waals surface area contributed by atoms with Crippen LogP contribution in [0.1, 0.15) is 26.3 Å². The molecule has 0 saturated carbocycles. The van der Waals surface area contributed by atoms with Crippen LogP contribution in [0.3, 0.4) is 0 Å². The lowest BCUT2D eigenvalue weighted by atomic mass is 10.0. The van der Waals surface area contributed by atoms with Gasteiger partial charge in [0.1, 0.15) is 0 Å². The molecule has 0 bridgehead atoms. The smallest absolute Gasteiger partial charge is 0.253 e. The second kappa shape index (κ2) is 11.0. The summed E-state index contributed by atoms with van der Waals surface area (Å²) in [5.74, 6) is -0.267. The van der Waals surface area contributed by atoms with Gasteiger partial charge in [-0.1, -0.05) is 59.6 Å². The minimum absolute atomic E-state index is 0.0785. The number of halogens is 2.